The molecule has 1 aromatic rings. The van der Waals surface area contributed by atoms with E-state index in [1.54, 1.807) is 6.08 Å². The third-order valence-electron chi connectivity index (χ3n) is 4.14. The van der Waals surface area contributed by atoms with Crippen LogP contribution >= 0.6 is 0 Å². The first-order valence-electron chi connectivity index (χ1n) is 7.93. The van der Waals surface area contributed by atoms with Crippen molar-refractivity contribution >= 4 is 5.91 Å². The molecule has 1 aromatic carbocycles. The molecule has 1 heterocycles. The van der Waals surface area contributed by atoms with Gasteiger partial charge in [0.25, 0.3) is 0 Å². The van der Waals surface area contributed by atoms with Crippen LogP contribution in [0.5, 0.6) is 0 Å². The van der Waals surface area contributed by atoms with E-state index in [9.17, 15) is 4.79 Å². The fraction of sp³-hybridized carbons (Fsp3) is 0.500. The molecule has 1 N–H and O–H groups in total. The standard InChI is InChI=1S/C18H27N3O/c1-20(2)12-7-10-18(22)19-16-11-13-21(3)17(14-16)15-8-5-4-6-9-15/h4-10,16-17H,11-14H2,1-3H3,(H,19,22)/b10-7+. The first-order chi connectivity index (χ1) is 10.6. The predicted molar refractivity (Wildman–Crippen MR) is 90.7 cm³/mol. The second kappa shape index (κ2) is 8.11. The Labute approximate surface area is 133 Å². The van der Waals surface area contributed by atoms with Gasteiger partial charge in [-0.1, -0.05) is 36.4 Å². The molecule has 1 amide bonds. The number of carbonyl (C=O) groups excluding carboxylic acids is 1. The maximum atomic E-state index is 12.0. The van der Waals surface area contributed by atoms with Gasteiger partial charge in [-0.25, -0.2) is 0 Å². The van der Waals surface area contributed by atoms with Gasteiger partial charge in [-0.15, -0.1) is 0 Å². The molecular formula is C18H27N3O. The second-order valence-electron chi connectivity index (χ2n) is 6.30. The quantitative estimate of drug-likeness (QED) is 0.846. The predicted octanol–water partition coefficient (Wildman–Crippen LogP) is 2.06. The molecule has 2 rings (SSSR count). The van der Waals surface area contributed by atoms with Crippen molar-refractivity contribution in [1.29, 1.82) is 0 Å². The summed E-state index contributed by atoms with van der Waals surface area (Å²) in [4.78, 5) is 16.4. The lowest BCUT2D eigenvalue weighted by Gasteiger charge is -2.37. The highest BCUT2D eigenvalue weighted by Gasteiger charge is 2.27. The summed E-state index contributed by atoms with van der Waals surface area (Å²) in [5.74, 6) is 0.0169. The zero-order chi connectivity index (χ0) is 15.9. The first-order valence-corrected chi connectivity index (χ1v) is 7.93. The van der Waals surface area contributed by atoms with E-state index in [0.717, 1.165) is 25.9 Å². The average Bonchev–Trinajstić information content (AvgIpc) is 2.49. The molecule has 0 aromatic heterocycles. The normalized spacial score (nSPS) is 23.1. The number of amides is 1. The van der Waals surface area contributed by atoms with Gasteiger partial charge in [0.05, 0.1) is 0 Å². The highest BCUT2D eigenvalue weighted by Crippen LogP contribution is 2.29. The minimum absolute atomic E-state index is 0.0169. The molecule has 4 nitrogen and oxygen atoms in total. The molecule has 0 bridgehead atoms. The number of hydrogen-bond donors (Lipinski definition) is 1. The fourth-order valence-corrected chi connectivity index (χ4v) is 2.90. The summed E-state index contributed by atoms with van der Waals surface area (Å²) in [5.41, 5.74) is 1.33. The van der Waals surface area contributed by atoms with Crippen LogP contribution < -0.4 is 5.32 Å². The topological polar surface area (TPSA) is 35.6 Å². The van der Waals surface area contributed by atoms with E-state index in [-0.39, 0.29) is 11.9 Å². The van der Waals surface area contributed by atoms with Gasteiger partial charge in [-0.3, -0.25) is 9.69 Å². The fourth-order valence-electron chi connectivity index (χ4n) is 2.90. The Kier molecular flexibility index (Phi) is 6.16. The molecule has 0 aliphatic carbocycles. The summed E-state index contributed by atoms with van der Waals surface area (Å²) in [7, 11) is 6.14. The van der Waals surface area contributed by atoms with Gasteiger partial charge in [0, 0.05) is 31.2 Å². The van der Waals surface area contributed by atoms with E-state index in [4.69, 9.17) is 0 Å². The van der Waals surface area contributed by atoms with Gasteiger partial charge in [-0.05, 0) is 39.5 Å². The molecule has 0 saturated carbocycles. The minimum Gasteiger partial charge on any atom is -0.350 e. The van der Waals surface area contributed by atoms with E-state index >= 15 is 0 Å². The number of nitrogens with zero attached hydrogens (tertiary/aromatic N) is 2. The van der Waals surface area contributed by atoms with Crippen molar-refractivity contribution in [3.63, 3.8) is 0 Å². The molecule has 2 atom stereocenters. The van der Waals surface area contributed by atoms with E-state index < -0.39 is 0 Å². The van der Waals surface area contributed by atoms with E-state index in [1.807, 2.05) is 31.1 Å². The number of nitrogens with one attached hydrogen (secondary N) is 1. The van der Waals surface area contributed by atoms with Crippen molar-refractivity contribution in [2.45, 2.75) is 24.9 Å². The van der Waals surface area contributed by atoms with Crippen LogP contribution in [0.1, 0.15) is 24.4 Å². The second-order valence-corrected chi connectivity index (χ2v) is 6.30. The summed E-state index contributed by atoms with van der Waals surface area (Å²) >= 11 is 0. The largest absolute Gasteiger partial charge is 0.350 e. The summed E-state index contributed by atoms with van der Waals surface area (Å²) in [6.07, 6.45) is 5.52. The smallest absolute Gasteiger partial charge is 0.243 e. The number of hydrogen-bond acceptors (Lipinski definition) is 3. The van der Waals surface area contributed by atoms with Gasteiger partial charge in [-0.2, -0.15) is 0 Å². The SMILES string of the molecule is CN(C)C/C=C/C(=O)NC1CCN(C)C(c2ccccc2)C1. The highest BCUT2D eigenvalue weighted by atomic mass is 16.1. The molecule has 120 valence electrons. The lowest BCUT2D eigenvalue weighted by molar-refractivity contribution is -0.117. The molecule has 2 unspecified atom stereocenters. The van der Waals surface area contributed by atoms with Crippen molar-refractivity contribution in [2.75, 3.05) is 34.2 Å². The molecule has 1 fully saturated rings. The Bertz CT molecular complexity index is 498. The Morgan fingerprint density at radius 1 is 1.36 bits per heavy atom. The molecule has 4 heteroatoms. The van der Waals surface area contributed by atoms with Gasteiger partial charge in [0.15, 0.2) is 0 Å². The first kappa shape index (κ1) is 16.7. The Hall–Kier alpha value is -1.65. The van der Waals surface area contributed by atoms with Gasteiger partial charge in [0.1, 0.15) is 0 Å². The maximum absolute atomic E-state index is 12.0. The molecule has 1 aliphatic rings. The summed E-state index contributed by atoms with van der Waals surface area (Å²) in [6.45, 7) is 1.79. The van der Waals surface area contributed by atoms with Crippen molar-refractivity contribution in [3.05, 3.63) is 48.0 Å². The monoisotopic (exact) mass is 301 g/mol. The summed E-state index contributed by atoms with van der Waals surface area (Å²) in [6, 6.07) is 11.2. The number of likely N-dealkylation sites (tertiary alicyclic amines) is 1. The number of likely N-dealkylation sites (N-methyl/N-ethyl adjacent to an activating group) is 1. The van der Waals surface area contributed by atoms with Crippen LogP contribution in [0.3, 0.4) is 0 Å². The van der Waals surface area contributed by atoms with E-state index in [2.05, 4.69) is 41.5 Å². The van der Waals surface area contributed by atoms with E-state index in [0.29, 0.717) is 6.04 Å². The molecule has 1 aliphatic heterocycles. The molecule has 1 saturated heterocycles. The lowest BCUT2D eigenvalue weighted by atomic mass is 9.92. The highest BCUT2D eigenvalue weighted by molar-refractivity contribution is 5.87. The van der Waals surface area contributed by atoms with Crippen LogP contribution in [0.4, 0.5) is 0 Å². The van der Waals surface area contributed by atoms with E-state index in [1.165, 1.54) is 5.56 Å². The average molecular weight is 301 g/mol. The Morgan fingerprint density at radius 3 is 2.77 bits per heavy atom. The van der Waals surface area contributed by atoms with Gasteiger partial charge >= 0.3 is 0 Å². The van der Waals surface area contributed by atoms with Crippen LogP contribution in [0.15, 0.2) is 42.5 Å². The van der Waals surface area contributed by atoms with Crippen molar-refractivity contribution < 1.29 is 4.79 Å². The minimum atomic E-state index is 0.0169. The van der Waals surface area contributed by atoms with Gasteiger partial charge < -0.3 is 10.2 Å². The summed E-state index contributed by atoms with van der Waals surface area (Å²) in [5, 5.41) is 3.14. The lowest BCUT2D eigenvalue weighted by Crippen LogP contribution is -2.44. The molecule has 0 radical (unpaired) electrons. The van der Waals surface area contributed by atoms with Crippen molar-refractivity contribution in [2.24, 2.45) is 0 Å². The molecule has 22 heavy (non-hydrogen) atoms. The number of benzene rings is 1. The Balaban J connectivity index is 1.91. The third kappa shape index (κ3) is 4.97. The zero-order valence-electron chi connectivity index (χ0n) is 13.8. The Morgan fingerprint density at radius 2 is 2.09 bits per heavy atom. The number of piperidine rings is 1. The number of carbonyl (C=O) groups is 1. The number of rotatable bonds is 5. The van der Waals surface area contributed by atoms with Crippen LogP contribution in [-0.4, -0.2) is 56.0 Å². The van der Waals surface area contributed by atoms with Gasteiger partial charge in [0.2, 0.25) is 5.91 Å². The van der Waals surface area contributed by atoms with Crippen LogP contribution in [0.2, 0.25) is 0 Å². The summed E-state index contributed by atoms with van der Waals surface area (Å²) < 4.78 is 0. The van der Waals surface area contributed by atoms with Crippen LogP contribution in [-0.2, 0) is 4.79 Å². The van der Waals surface area contributed by atoms with Crippen LogP contribution in [0.25, 0.3) is 0 Å². The molecular weight excluding hydrogens is 274 g/mol. The molecule has 0 spiro atoms. The van der Waals surface area contributed by atoms with Crippen molar-refractivity contribution in [3.8, 4) is 0 Å². The maximum Gasteiger partial charge on any atom is 0.243 e. The third-order valence-corrected chi connectivity index (χ3v) is 4.14. The van der Waals surface area contributed by atoms with Crippen LogP contribution in [0, 0.1) is 0 Å². The van der Waals surface area contributed by atoms with Crippen molar-refractivity contribution in [1.82, 2.24) is 15.1 Å². The zero-order valence-corrected chi connectivity index (χ0v) is 13.8.